The largest absolute Gasteiger partial charge is 0.462 e. The molecule has 0 saturated carbocycles. The molecular weight excluding hydrogens is 1050 g/mol. The molecule has 0 fully saturated rings. The van der Waals surface area contributed by atoms with Crippen LogP contribution in [0.2, 0.25) is 0 Å². The Morgan fingerprint density at radius 1 is 0.267 bits per heavy atom. The molecule has 0 aromatic heterocycles. The highest BCUT2D eigenvalue weighted by atomic mass is 16.6. The first-order valence-electron chi connectivity index (χ1n) is 38.8. The first kappa shape index (κ1) is 83.6. The van der Waals surface area contributed by atoms with E-state index in [9.17, 15) is 14.7 Å². The van der Waals surface area contributed by atoms with E-state index in [0.29, 0.717) is 12.8 Å². The van der Waals surface area contributed by atoms with Crippen molar-refractivity contribution in [3.8, 4) is 0 Å². The summed E-state index contributed by atoms with van der Waals surface area (Å²) in [7, 11) is 0. The lowest BCUT2D eigenvalue weighted by atomic mass is 10.0. The van der Waals surface area contributed by atoms with E-state index in [1.54, 1.807) is 0 Å². The fourth-order valence-corrected chi connectivity index (χ4v) is 12.0. The lowest BCUT2D eigenvalue weighted by Gasteiger charge is -2.15. The van der Waals surface area contributed by atoms with Gasteiger partial charge in [-0.3, -0.25) is 9.59 Å². The second-order valence-electron chi connectivity index (χ2n) is 26.4. The molecule has 0 aliphatic heterocycles. The molecule has 0 aliphatic carbocycles. The van der Waals surface area contributed by atoms with E-state index < -0.39 is 6.10 Å². The number of carbonyl (C=O) groups excluding carboxylic acids is 2. The molecule has 0 aliphatic rings. The van der Waals surface area contributed by atoms with Crippen molar-refractivity contribution in [2.24, 2.45) is 0 Å². The van der Waals surface area contributed by atoms with Gasteiger partial charge in [-0.05, 0) is 83.5 Å². The maximum absolute atomic E-state index is 12.4. The van der Waals surface area contributed by atoms with E-state index in [2.05, 4.69) is 74.6 Å². The van der Waals surface area contributed by atoms with Crippen LogP contribution in [0.25, 0.3) is 0 Å². The van der Waals surface area contributed by atoms with Crippen molar-refractivity contribution in [1.82, 2.24) is 0 Å². The van der Waals surface area contributed by atoms with Gasteiger partial charge in [-0.1, -0.05) is 389 Å². The van der Waals surface area contributed by atoms with Gasteiger partial charge >= 0.3 is 11.9 Å². The van der Waals surface area contributed by atoms with Gasteiger partial charge in [0.15, 0.2) is 6.10 Å². The fraction of sp³-hybridized carbons (Fsp3) is 0.852. The molecule has 86 heavy (non-hydrogen) atoms. The molecule has 5 heteroatoms. The number of aliphatic hydroxyl groups is 1. The smallest absolute Gasteiger partial charge is 0.306 e. The zero-order valence-electron chi connectivity index (χ0n) is 58.1. The Bertz CT molecular complexity index is 1460. The Labute approximate surface area is 538 Å². The summed E-state index contributed by atoms with van der Waals surface area (Å²) in [5.74, 6) is -0.566. The van der Waals surface area contributed by atoms with Gasteiger partial charge in [-0.2, -0.15) is 0 Å². The molecule has 0 aromatic rings. The van der Waals surface area contributed by atoms with Crippen LogP contribution in [0.3, 0.4) is 0 Å². The maximum Gasteiger partial charge on any atom is 0.306 e. The molecule has 0 radical (unpaired) electrons. The van der Waals surface area contributed by atoms with Crippen LogP contribution >= 0.6 is 0 Å². The van der Waals surface area contributed by atoms with E-state index in [1.165, 1.54) is 340 Å². The summed E-state index contributed by atoms with van der Waals surface area (Å²) in [6.45, 7) is 4.18. The summed E-state index contributed by atoms with van der Waals surface area (Å²) in [5.41, 5.74) is 0. The number of esters is 2. The third-order valence-corrected chi connectivity index (χ3v) is 17.8. The molecule has 504 valence electrons. The van der Waals surface area contributed by atoms with Crippen LogP contribution in [0.15, 0.2) is 60.8 Å². The predicted molar refractivity (Wildman–Crippen MR) is 380 cm³/mol. The summed E-state index contributed by atoms with van der Waals surface area (Å²) in [5, 5.41) is 9.72. The van der Waals surface area contributed by atoms with Crippen LogP contribution < -0.4 is 0 Å². The Morgan fingerprint density at radius 3 is 0.698 bits per heavy atom. The Morgan fingerprint density at radius 2 is 0.465 bits per heavy atom. The van der Waals surface area contributed by atoms with Crippen LogP contribution in [-0.4, -0.2) is 36.4 Å². The number of hydrogen-bond acceptors (Lipinski definition) is 5. The van der Waals surface area contributed by atoms with Gasteiger partial charge in [-0.25, -0.2) is 0 Å². The van der Waals surface area contributed by atoms with E-state index >= 15 is 0 Å². The Kier molecular flexibility index (Phi) is 74.7. The third kappa shape index (κ3) is 74.1. The minimum Gasteiger partial charge on any atom is -0.462 e. The molecule has 1 unspecified atom stereocenters. The molecule has 1 atom stereocenters. The average Bonchev–Trinajstić information content (AvgIpc) is 3.54. The highest BCUT2D eigenvalue weighted by molar-refractivity contribution is 5.70. The number of allylic oxidation sites excluding steroid dienone is 10. The van der Waals surface area contributed by atoms with Gasteiger partial charge in [0.2, 0.25) is 0 Å². The summed E-state index contributed by atoms with van der Waals surface area (Å²) in [6, 6.07) is 0. The number of unbranched alkanes of at least 4 members (excludes halogenated alkanes) is 55. The molecule has 5 nitrogen and oxygen atoms in total. The van der Waals surface area contributed by atoms with Gasteiger partial charge < -0.3 is 14.6 Å². The quantitative estimate of drug-likeness (QED) is 0.0373. The highest BCUT2D eigenvalue weighted by Crippen LogP contribution is 2.19. The summed E-state index contributed by atoms with van der Waals surface area (Å²) >= 11 is 0. The van der Waals surface area contributed by atoms with E-state index in [-0.39, 0.29) is 25.2 Å². The monoisotopic (exact) mass is 1200 g/mol. The number of ether oxygens (including phenoxy) is 2. The summed E-state index contributed by atoms with van der Waals surface area (Å²) < 4.78 is 10.8. The molecule has 0 bridgehead atoms. The van der Waals surface area contributed by atoms with Gasteiger partial charge in [-0.15, -0.1) is 0 Å². The van der Waals surface area contributed by atoms with Gasteiger partial charge in [0, 0.05) is 12.8 Å². The lowest BCUT2D eigenvalue weighted by Crippen LogP contribution is -2.28. The lowest BCUT2D eigenvalue weighted by molar-refractivity contribution is -0.161. The maximum atomic E-state index is 12.4. The molecule has 0 heterocycles. The van der Waals surface area contributed by atoms with E-state index in [1.807, 2.05) is 0 Å². The topological polar surface area (TPSA) is 72.8 Å². The summed E-state index contributed by atoms with van der Waals surface area (Å²) in [6.07, 6.45) is 106. The van der Waals surface area contributed by atoms with Crippen molar-refractivity contribution in [2.75, 3.05) is 13.2 Å². The molecule has 0 saturated heterocycles. The normalized spacial score (nSPS) is 12.5. The number of carbonyl (C=O) groups is 2. The molecule has 0 rings (SSSR count). The molecule has 0 aromatic carbocycles. The van der Waals surface area contributed by atoms with Crippen LogP contribution in [-0.2, 0) is 19.1 Å². The molecule has 0 spiro atoms. The first-order chi connectivity index (χ1) is 42.6. The van der Waals surface area contributed by atoms with E-state index in [4.69, 9.17) is 9.47 Å². The first-order valence-corrected chi connectivity index (χ1v) is 38.8. The third-order valence-electron chi connectivity index (χ3n) is 17.8. The minimum atomic E-state index is -0.771. The molecule has 1 N–H and O–H groups in total. The minimum absolute atomic E-state index is 0.0602. The van der Waals surface area contributed by atoms with Gasteiger partial charge in [0.05, 0.1) is 6.61 Å². The van der Waals surface area contributed by atoms with Gasteiger partial charge in [0.1, 0.15) is 6.61 Å². The van der Waals surface area contributed by atoms with Gasteiger partial charge in [0.25, 0.3) is 0 Å². The van der Waals surface area contributed by atoms with Crippen LogP contribution in [0.5, 0.6) is 0 Å². The molecule has 0 amide bonds. The average molecular weight is 1200 g/mol. The molecular formula is C81H150O5. The Balaban J connectivity index is 3.38. The van der Waals surface area contributed by atoms with Crippen LogP contribution in [0.1, 0.15) is 425 Å². The number of aliphatic hydroxyl groups excluding tert-OH is 1. The van der Waals surface area contributed by atoms with Crippen molar-refractivity contribution in [3.05, 3.63) is 60.8 Å². The van der Waals surface area contributed by atoms with Crippen molar-refractivity contribution >= 4 is 11.9 Å². The van der Waals surface area contributed by atoms with Crippen molar-refractivity contribution in [3.63, 3.8) is 0 Å². The van der Waals surface area contributed by atoms with Crippen LogP contribution in [0, 0.1) is 0 Å². The SMILES string of the molecule is CCCCCCC/C=C\C/C=C\C/C=C\CCCCCCCCCCCCCCCCCCCCCCCCCCCCC(=O)OC(CO)COC(=O)CCCCCCCCCCCCCCCCCCCCC/C=C\C/C=C\CCCCCCC. The predicted octanol–water partition coefficient (Wildman–Crippen LogP) is 27.2. The zero-order chi connectivity index (χ0) is 61.9. The highest BCUT2D eigenvalue weighted by Gasteiger charge is 2.16. The van der Waals surface area contributed by atoms with Crippen molar-refractivity contribution < 1.29 is 24.2 Å². The summed E-state index contributed by atoms with van der Waals surface area (Å²) in [4.78, 5) is 24.7. The number of hydrogen-bond donors (Lipinski definition) is 1. The van der Waals surface area contributed by atoms with E-state index in [0.717, 1.165) is 57.8 Å². The Hall–Kier alpha value is -2.40. The standard InChI is InChI=1S/C81H150O5/c1-3-5-7-9-11-13-15-17-19-21-23-25-27-29-31-33-35-36-37-38-39-40-41-42-43-44-46-48-50-52-54-56-58-60-62-64-66-68-70-72-74-76-81(84)86-79(77-82)78-85-80(83)75-73-71-69-67-65-63-61-59-57-55-53-51-49-47-45-34-32-30-28-26-24-22-20-18-16-14-12-10-8-6-4-2/h15-18,21-24,27,29,79,82H,3-14,19-20,25-26,28,30-78H2,1-2H3/b17-15-,18-16-,23-21-,24-22-,29-27-. The van der Waals surface area contributed by atoms with Crippen molar-refractivity contribution in [1.29, 1.82) is 0 Å². The number of rotatable bonds is 73. The van der Waals surface area contributed by atoms with Crippen LogP contribution in [0.4, 0.5) is 0 Å². The zero-order valence-corrected chi connectivity index (χ0v) is 58.1. The second kappa shape index (κ2) is 76.8. The second-order valence-corrected chi connectivity index (χ2v) is 26.4. The van der Waals surface area contributed by atoms with Crippen molar-refractivity contribution in [2.45, 2.75) is 431 Å². The fourth-order valence-electron chi connectivity index (χ4n) is 12.0.